The first-order valence-electron chi connectivity index (χ1n) is 5.27. The van der Waals surface area contributed by atoms with Crippen LogP contribution in [0.15, 0.2) is 10.9 Å². The van der Waals surface area contributed by atoms with Crippen molar-refractivity contribution in [2.24, 2.45) is 11.3 Å². The summed E-state index contributed by atoms with van der Waals surface area (Å²) in [5.41, 5.74) is 0.330. The molecule has 2 rings (SSSR count). The Balaban J connectivity index is 2.10. The van der Waals surface area contributed by atoms with Gasteiger partial charge >= 0.3 is 5.69 Å². The maximum absolute atomic E-state index is 11.7. The summed E-state index contributed by atoms with van der Waals surface area (Å²) in [6.07, 6.45) is 0.890. The first-order chi connectivity index (χ1) is 7.38. The third-order valence-corrected chi connectivity index (χ3v) is 2.96. The molecule has 0 aliphatic heterocycles. The van der Waals surface area contributed by atoms with Crippen molar-refractivity contribution in [3.8, 4) is 0 Å². The minimum absolute atomic E-state index is 0.0360. The number of rotatable bonds is 2. The van der Waals surface area contributed by atoms with Gasteiger partial charge in [0.05, 0.1) is 0 Å². The Bertz CT molecular complexity index is 490. The van der Waals surface area contributed by atoms with E-state index in [9.17, 15) is 9.59 Å². The van der Waals surface area contributed by atoms with Crippen molar-refractivity contribution in [2.45, 2.75) is 27.2 Å². The molecule has 0 spiro atoms. The lowest BCUT2D eigenvalue weighted by atomic mass is 10.1. The van der Waals surface area contributed by atoms with Gasteiger partial charge in [-0.05, 0) is 18.8 Å². The molecule has 1 fully saturated rings. The lowest BCUT2D eigenvalue weighted by Crippen LogP contribution is -2.21. The van der Waals surface area contributed by atoms with Crippen molar-refractivity contribution in [1.82, 2.24) is 9.97 Å². The van der Waals surface area contributed by atoms with Crippen molar-refractivity contribution in [2.75, 3.05) is 5.32 Å². The quantitative estimate of drug-likeness (QED) is 0.784. The number of hydrogen-bond donors (Lipinski definition) is 2. The van der Waals surface area contributed by atoms with Crippen LogP contribution >= 0.6 is 0 Å². The van der Waals surface area contributed by atoms with Crippen LogP contribution in [0, 0.1) is 18.3 Å². The fourth-order valence-corrected chi connectivity index (χ4v) is 1.77. The van der Waals surface area contributed by atoms with E-state index in [1.807, 2.05) is 13.8 Å². The van der Waals surface area contributed by atoms with Crippen LogP contribution in [0.1, 0.15) is 26.0 Å². The van der Waals surface area contributed by atoms with E-state index in [1.54, 1.807) is 13.0 Å². The molecule has 0 saturated heterocycles. The van der Waals surface area contributed by atoms with Gasteiger partial charge in [-0.25, -0.2) is 4.79 Å². The Morgan fingerprint density at radius 3 is 2.75 bits per heavy atom. The van der Waals surface area contributed by atoms with E-state index >= 15 is 0 Å². The van der Waals surface area contributed by atoms with Crippen LogP contribution in [0.3, 0.4) is 0 Å². The first-order valence-corrected chi connectivity index (χ1v) is 5.27. The van der Waals surface area contributed by atoms with Crippen LogP contribution in [-0.4, -0.2) is 15.9 Å². The number of carbonyl (C=O) groups excluding carboxylic acids is 1. The summed E-state index contributed by atoms with van der Waals surface area (Å²) in [7, 11) is 0. The number of anilines is 1. The van der Waals surface area contributed by atoms with E-state index in [4.69, 9.17) is 0 Å². The highest BCUT2D eigenvalue weighted by molar-refractivity contribution is 5.94. The second-order valence-corrected chi connectivity index (χ2v) is 4.99. The second-order valence-electron chi connectivity index (χ2n) is 4.99. The van der Waals surface area contributed by atoms with Gasteiger partial charge in [0.1, 0.15) is 5.82 Å². The molecule has 5 heteroatoms. The van der Waals surface area contributed by atoms with Crippen LogP contribution in [0.4, 0.5) is 5.82 Å². The number of carbonyl (C=O) groups is 1. The molecule has 1 aliphatic carbocycles. The van der Waals surface area contributed by atoms with E-state index in [0.29, 0.717) is 11.5 Å². The molecular weight excluding hydrogens is 206 g/mol. The zero-order valence-electron chi connectivity index (χ0n) is 9.63. The lowest BCUT2D eigenvalue weighted by Gasteiger charge is -2.05. The topological polar surface area (TPSA) is 74.8 Å². The SMILES string of the molecule is Cc1cc(NC(=O)[C@@H]2CC2(C)C)nc(=O)[nH]1. The number of amides is 1. The van der Waals surface area contributed by atoms with Gasteiger partial charge in [-0.3, -0.25) is 4.79 Å². The average molecular weight is 221 g/mol. The molecule has 86 valence electrons. The van der Waals surface area contributed by atoms with Crippen molar-refractivity contribution in [3.63, 3.8) is 0 Å². The van der Waals surface area contributed by atoms with Gasteiger partial charge in [0.25, 0.3) is 0 Å². The first kappa shape index (κ1) is 10.9. The summed E-state index contributed by atoms with van der Waals surface area (Å²) < 4.78 is 0. The molecule has 16 heavy (non-hydrogen) atoms. The maximum atomic E-state index is 11.7. The number of aromatic nitrogens is 2. The minimum Gasteiger partial charge on any atom is -0.310 e. The van der Waals surface area contributed by atoms with Crippen LogP contribution in [-0.2, 0) is 4.79 Å². The van der Waals surface area contributed by atoms with Gasteiger partial charge < -0.3 is 10.3 Å². The molecular formula is C11H15N3O2. The molecule has 0 radical (unpaired) electrons. The zero-order chi connectivity index (χ0) is 11.9. The smallest absolute Gasteiger partial charge is 0.310 e. The third kappa shape index (κ3) is 2.13. The molecule has 2 N–H and O–H groups in total. The van der Waals surface area contributed by atoms with Crippen molar-refractivity contribution in [1.29, 1.82) is 0 Å². The fourth-order valence-electron chi connectivity index (χ4n) is 1.77. The largest absolute Gasteiger partial charge is 0.347 e. The van der Waals surface area contributed by atoms with Crippen molar-refractivity contribution < 1.29 is 4.79 Å². The molecule has 1 saturated carbocycles. The standard InChI is InChI=1S/C11H15N3O2/c1-6-4-8(14-10(16)12-6)13-9(15)7-5-11(7,2)3/h4,7H,5H2,1-3H3,(H2,12,13,14,15,16)/t7-/m0/s1. The summed E-state index contributed by atoms with van der Waals surface area (Å²) in [6, 6.07) is 1.65. The molecule has 1 aliphatic rings. The van der Waals surface area contributed by atoms with Gasteiger partial charge in [0, 0.05) is 17.7 Å². The van der Waals surface area contributed by atoms with E-state index in [1.165, 1.54) is 0 Å². The Morgan fingerprint density at radius 1 is 1.62 bits per heavy atom. The number of nitrogens with one attached hydrogen (secondary N) is 2. The predicted octanol–water partition coefficient (Wildman–Crippen LogP) is 1.06. The number of hydrogen-bond acceptors (Lipinski definition) is 3. The van der Waals surface area contributed by atoms with Gasteiger partial charge in [-0.2, -0.15) is 4.98 Å². The highest BCUT2D eigenvalue weighted by Crippen LogP contribution is 2.51. The summed E-state index contributed by atoms with van der Waals surface area (Å²) in [5.74, 6) is 0.311. The summed E-state index contributed by atoms with van der Waals surface area (Å²) in [5, 5.41) is 2.67. The highest BCUT2D eigenvalue weighted by Gasteiger charge is 2.50. The van der Waals surface area contributed by atoms with Crippen LogP contribution in [0.25, 0.3) is 0 Å². The van der Waals surface area contributed by atoms with Gasteiger partial charge in [-0.1, -0.05) is 13.8 Å². The summed E-state index contributed by atoms with van der Waals surface area (Å²) >= 11 is 0. The number of H-pyrrole nitrogens is 1. The van der Waals surface area contributed by atoms with E-state index in [0.717, 1.165) is 6.42 Å². The molecule has 0 bridgehead atoms. The molecule has 0 aromatic carbocycles. The summed E-state index contributed by atoms with van der Waals surface area (Å²) in [6.45, 7) is 5.85. The van der Waals surface area contributed by atoms with Crippen LogP contribution in [0.5, 0.6) is 0 Å². The second kappa shape index (κ2) is 3.43. The number of nitrogens with zero attached hydrogens (tertiary/aromatic N) is 1. The predicted molar refractivity (Wildman–Crippen MR) is 60.1 cm³/mol. The van der Waals surface area contributed by atoms with Gasteiger partial charge in [0.15, 0.2) is 0 Å². The Hall–Kier alpha value is -1.65. The average Bonchev–Trinajstić information content (AvgIpc) is 2.73. The van der Waals surface area contributed by atoms with E-state index < -0.39 is 5.69 Å². The maximum Gasteiger partial charge on any atom is 0.347 e. The molecule has 1 amide bonds. The monoisotopic (exact) mass is 221 g/mol. The Morgan fingerprint density at radius 2 is 2.25 bits per heavy atom. The van der Waals surface area contributed by atoms with E-state index in [2.05, 4.69) is 15.3 Å². The zero-order valence-corrected chi connectivity index (χ0v) is 9.63. The molecule has 0 unspecified atom stereocenters. The van der Waals surface area contributed by atoms with Crippen LogP contribution < -0.4 is 11.0 Å². The molecule has 1 aromatic rings. The normalized spacial score (nSPS) is 21.6. The Labute approximate surface area is 93.3 Å². The third-order valence-electron chi connectivity index (χ3n) is 2.96. The van der Waals surface area contributed by atoms with E-state index in [-0.39, 0.29) is 17.2 Å². The molecule has 1 atom stereocenters. The highest BCUT2D eigenvalue weighted by atomic mass is 16.2. The number of aromatic amines is 1. The molecule has 1 aromatic heterocycles. The molecule has 1 heterocycles. The van der Waals surface area contributed by atoms with Crippen molar-refractivity contribution >= 4 is 11.7 Å². The fraction of sp³-hybridized carbons (Fsp3) is 0.545. The number of aryl methyl sites for hydroxylation is 1. The van der Waals surface area contributed by atoms with Crippen molar-refractivity contribution in [3.05, 3.63) is 22.2 Å². The lowest BCUT2D eigenvalue weighted by molar-refractivity contribution is -0.118. The van der Waals surface area contributed by atoms with Gasteiger partial charge in [0.2, 0.25) is 5.91 Å². The molecule has 5 nitrogen and oxygen atoms in total. The van der Waals surface area contributed by atoms with Crippen LogP contribution in [0.2, 0.25) is 0 Å². The van der Waals surface area contributed by atoms with Gasteiger partial charge in [-0.15, -0.1) is 0 Å². The summed E-state index contributed by atoms with van der Waals surface area (Å²) in [4.78, 5) is 29.1. The minimum atomic E-state index is -0.439. The Kier molecular flexibility index (Phi) is 2.33.